The lowest BCUT2D eigenvalue weighted by atomic mass is 9.67. The minimum atomic E-state index is -1.03. The maximum atomic E-state index is 13.2. The number of carbonyl (C=O) groups is 5. The van der Waals surface area contributed by atoms with E-state index in [4.69, 9.17) is 9.84 Å². The molecule has 1 saturated carbocycles. The van der Waals surface area contributed by atoms with Crippen molar-refractivity contribution < 1.29 is 33.8 Å². The molecule has 2 aliphatic rings. The van der Waals surface area contributed by atoms with E-state index < -0.39 is 58.8 Å². The monoisotopic (exact) mass is 445 g/mol. The molecule has 1 saturated heterocycles. The van der Waals surface area contributed by atoms with Gasteiger partial charge in [0.25, 0.3) is 0 Å². The summed E-state index contributed by atoms with van der Waals surface area (Å²) in [5, 5.41) is 16.4. The lowest BCUT2D eigenvalue weighted by Gasteiger charge is -2.35. The Morgan fingerprint density at radius 2 is 1.91 bits per heavy atom. The third-order valence-electron chi connectivity index (χ3n) is 5.75. The van der Waals surface area contributed by atoms with Crippen LogP contribution in [0.5, 0.6) is 0 Å². The number of hydrogen-bond donors (Lipinski definition) is 1. The molecular formula is C22H27N3O7. The fourth-order valence-corrected chi connectivity index (χ4v) is 4.45. The number of fused-ring (bicyclic) bond motifs is 1. The molecule has 4 atom stereocenters. The highest BCUT2D eigenvalue weighted by Gasteiger charge is 2.57. The molecule has 0 bridgehead atoms. The van der Waals surface area contributed by atoms with Crippen molar-refractivity contribution in [2.45, 2.75) is 52.1 Å². The van der Waals surface area contributed by atoms with Gasteiger partial charge in [-0.1, -0.05) is 0 Å². The van der Waals surface area contributed by atoms with Gasteiger partial charge in [0, 0.05) is 25.1 Å². The summed E-state index contributed by atoms with van der Waals surface area (Å²) in [6.07, 6.45) is 1.51. The van der Waals surface area contributed by atoms with Gasteiger partial charge in [0.15, 0.2) is 5.78 Å². The number of carbonyl (C=O) groups excluding carboxylic acids is 4. The molecule has 1 aliphatic heterocycles. The van der Waals surface area contributed by atoms with E-state index in [1.807, 2.05) is 0 Å². The first-order valence-corrected chi connectivity index (χ1v) is 10.6. The third kappa shape index (κ3) is 5.00. The van der Waals surface area contributed by atoms with E-state index in [0.717, 1.165) is 4.90 Å². The van der Waals surface area contributed by atoms with Crippen LogP contribution < -0.4 is 0 Å². The van der Waals surface area contributed by atoms with Crippen molar-refractivity contribution in [3.8, 4) is 0 Å². The summed E-state index contributed by atoms with van der Waals surface area (Å²) in [6.45, 7) is 5.15. The van der Waals surface area contributed by atoms with Gasteiger partial charge in [-0.05, 0) is 52.2 Å². The van der Waals surface area contributed by atoms with Gasteiger partial charge < -0.3 is 9.84 Å². The quantitative estimate of drug-likeness (QED) is 0.375. The molecule has 2 heterocycles. The second-order valence-corrected chi connectivity index (χ2v) is 9.24. The van der Waals surface area contributed by atoms with E-state index in [1.54, 1.807) is 26.8 Å². The molecule has 1 aromatic rings. The number of imide groups is 1. The molecule has 0 spiro atoms. The van der Waals surface area contributed by atoms with Crippen LogP contribution >= 0.6 is 0 Å². The summed E-state index contributed by atoms with van der Waals surface area (Å²) in [4.78, 5) is 64.1. The van der Waals surface area contributed by atoms with Gasteiger partial charge >= 0.3 is 11.9 Å². The lowest BCUT2D eigenvalue weighted by Crippen LogP contribution is -2.43. The number of carboxylic acid groups (broad SMARTS) is 1. The Labute approximate surface area is 185 Å². The SMILES string of the molecule is CC(C)(C)OC(=O)[C@H]1CC(C(=O)c2cccnn2)[C@@H]2C(=O)N(CCCC(=O)O)C(=O)C2C1. The zero-order valence-corrected chi connectivity index (χ0v) is 18.3. The standard InChI is InChI=1S/C22H27N3O7/c1-22(2,3)32-21(31)12-10-13(18(28)15-6-4-8-23-24-15)17-14(11-12)19(29)25(20(17)30)9-5-7-16(26)27/h4,6,8,12-14,17H,5,7,9-11H2,1-3H3,(H,26,27)/t12-,13?,14?,17-/m0/s1. The normalized spacial score (nSPS) is 25.4. The van der Waals surface area contributed by atoms with Gasteiger partial charge in [-0.2, -0.15) is 5.10 Å². The maximum absolute atomic E-state index is 13.2. The van der Waals surface area contributed by atoms with Crippen molar-refractivity contribution in [2.24, 2.45) is 23.7 Å². The van der Waals surface area contributed by atoms with Crippen LogP contribution in [0.25, 0.3) is 0 Å². The Bertz CT molecular complexity index is 925. The molecule has 2 fully saturated rings. The van der Waals surface area contributed by atoms with E-state index >= 15 is 0 Å². The topological polar surface area (TPSA) is 144 Å². The van der Waals surface area contributed by atoms with Crippen molar-refractivity contribution in [1.29, 1.82) is 0 Å². The lowest BCUT2D eigenvalue weighted by molar-refractivity contribution is -0.163. The average molecular weight is 445 g/mol. The minimum absolute atomic E-state index is 0.0415. The van der Waals surface area contributed by atoms with Gasteiger partial charge in [-0.3, -0.25) is 28.9 Å². The van der Waals surface area contributed by atoms with Crippen molar-refractivity contribution in [3.63, 3.8) is 0 Å². The summed E-state index contributed by atoms with van der Waals surface area (Å²) < 4.78 is 5.49. The van der Waals surface area contributed by atoms with Crippen molar-refractivity contribution in [2.75, 3.05) is 6.54 Å². The highest BCUT2D eigenvalue weighted by atomic mass is 16.6. The van der Waals surface area contributed by atoms with Crippen LogP contribution in [0.2, 0.25) is 0 Å². The molecule has 10 heteroatoms. The first-order valence-electron chi connectivity index (χ1n) is 10.6. The van der Waals surface area contributed by atoms with E-state index in [9.17, 15) is 24.0 Å². The number of likely N-dealkylation sites (tertiary alicyclic amines) is 1. The van der Waals surface area contributed by atoms with Gasteiger partial charge in [0.05, 0.1) is 17.8 Å². The fraction of sp³-hybridized carbons (Fsp3) is 0.591. The van der Waals surface area contributed by atoms with Crippen molar-refractivity contribution in [3.05, 3.63) is 24.0 Å². The molecule has 0 radical (unpaired) electrons. The largest absolute Gasteiger partial charge is 0.481 e. The Balaban J connectivity index is 1.90. The molecule has 1 aliphatic carbocycles. The average Bonchev–Trinajstić information content (AvgIpc) is 2.96. The molecule has 172 valence electrons. The van der Waals surface area contributed by atoms with Crippen LogP contribution in [-0.2, 0) is 23.9 Å². The summed E-state index contributed by atoms with van der Waals surface area (Å²) in [5.74, 6) is -6.38. The number of amides is 2. The number of carboxylic acids is 1. The third-order valence-corrected chi connectivity index (χ3v) is 5.75. The van der Waals surface area contributed by atoms with E-state index in [1.165, 1.54) is 12.3 Å². The van der Waals surface area contributed by atoms with E-state index in [0.29, 0.717) is 0 Å². The summed E-state index contributed by atoms with van der Waals surface area (Å²) in [5.41, 5.74) is -0.679. The number of aliphatic carboxylic acids is 1. The van der Waals surface area contributed by atoms with Crippen LogP contribution in [0, 0.1) is 23.7 Å². The summed E-state index contributed by atoms with van der Waals surface area (Å²) >= 11 is 0. The van der Waals surface area contributed by atoms with Crippen LogP contribution in [0.15, 0.2) is 18.3 Å². The number of nitrogens with zero attached hydrogens (tertiary/aromatic N) is 3. The number of esters is 1. The molecule has 2 amide bonds. The first kappa shape index (κ1) is 23.5. The Hall–Kier alpha value is -3.17. The van der Waals surface area contributed by atoms with E-state index in [2.05, 4.69) is 10.2 Å². The predicted octanol–water partition coefficient (Wildman–Crippen LogP) is 1.49. The Morgan fingerprint density at radius 3 is 2.50 bits per heavy atom. The first-order chi connectivity index (χ1) is 15.0. The number of ketones is 1. The highest BCUT2D eigenvalue weighted by Crippen LogP contribution is 2.46. The Morgan fingerprint density at radius 1 is 1.19 bits per heavy atom. The molecule has 1 N–H and O–H groups in total. The second kappa shape index (κ2) is 9.13. The van der Waals surface area contributed by atoms with E-state index in [-0.39, 0.29) is 37.9 Å². The fourth-order valence-electron chi connectivity index (χ4n) is 4.45. The molecule has 2 unspecified atom stereocenters. The van der Waals surface area contributed by atoms with Crippen LogP contribution in [0.1, 0.15) is 56.9 Å². The maximum Gasteiger partial charge on any atom is 0.309 e. The van der Waals surface area contributed by atoms with Crippen LogP contribution in [-0.4, -0.2) is 61.9 Å². The zero-order chi connectivity index (χ0) is 23.6. The van der Waals surface area contributed by atoms with Crippen LogP contribution in [0.3, 0.4) is 0 Å². The van der Waals surface area contributed by atoms with Crippen molar-refractivity contribution in [1.82, 2.24) is 15.1 Å². The van der Waals surface area contributed by atoms with Crippen molar-refractivity contribution >= 4 is 29.5 Å². The molecular weight excluding hydrogens is 418 g/mol. The number of rotatable bonds is 7. The summed E-state index contributed by atoms with van der Waals surface area (Å²) in [7, 11) is 0. The molecule has 10 nitrogen and oxygen atoms in total. The Kier molecular flexibility index (Phi) is 6.71. The van der Waals surface area contributed by atoms with Gasteiger partial charge in [0.2, 0.25) is 11.8 Å². The highest BCUT2D eigenvalue weighted by molar-refractivity contribution is 6.09. The minimum Gasteiger partial charge on any atom is -0.481 e. The number of ether oxygens (including phenoxy) is 1. The van der Waals surface area contributed by atoms with Gasteiger partial charge in [-0.25, -0.2) is 0 Å². The molecule has 0 aromatic carbocycles. The second-order valence-electron chi connectivity index (χ2n) is 9.24. The molecule has 3 rings (SSSR count). The predicted molar refractivity (Wildman–Crippen MR) is 109 cm³/mol. The van der Waals surface area contributed by atoms with Gasteiger partial charge in [-0.15, -0.1) is 5.10 Å². The number of Topliss-reactive ketones (excluding diaryl/α,β-unsaturated/α-hetero) is 1. The van der Waals surface area contributed by atoms with Gasteiger partial charge in [0.1, 0.15) is 11.3 Å². The van der Waals surface area contributed by atoms with Crippen LogP contribution in [0.4, 0.5) is 0 Å². The summed E-state index contributed by atoms with van der Waals surface area (Å²) in [6, 6.07) is 3.03. The number of hydrogen-bond acceptors (Lipinski definition) is 8. The number of aromatic nitrogens is 2. The zero-order valence-electron chi connectivity index (χ0n) is 18.3. The molecule has 1 aromatic heterocycles. The molecule has 32 heavy (non-hydrogen) atoms. The smallest absolute Gasteiger partial charge is 0.309 e.